The molecule has 152 valence electrons. The second-order valence-electron chi connectivity index (χ2n) is 9.41. The van der Waals surface area contributed by atoms with Gasteiger partial charge in [-0.05, 0) is 70.4 Å². The molecule has 27 heavy (non-hydrogen) atoms. The zero-order valence-electron chi connectivity index (χ0n) is 16.6. The van der Waals surface area contributed by atoms with E-state index in [1.165, 1.54) is 12.8 Å². The van der Waals surface area contributed by atoms with E-state index >= 15 is 0 Å². The number of piperidine rings is 3. The fourth-order valence-corrected chi connectivity index (χ4v) is 6.34. The Morgan fingerprint density at radius 3 is 2.74 bits per heavy atom. The van der Waals surface area contributed by atoms with E-state index in [2.05, 4.69) is 40.0 Å². The maximum atomic E-state index is 12.9. The number of nitrogens with one attached hydrogen (secondary N) is 4. The number of ether oxygens (including phenoxy) is 1. The molecule has 5 saturated heterocycles. The van der Waals surface area contributed by atoms with Crippen LogP contribution in [0.3, 0.4) is 0 Å². The molecule has 0 aromatic carbocycles. The summed E-state index contributed by atoms with van der Waals surface area (Å²) in [6.45, 7) is 6.66. The highest BCUT2D eigenvalue weighted by Crippen LogP contribution is 2.36. The van der Waals surface area contributed by atoms with Gasteiger partial charge in [-0.15, -0.1) is 0 Å². The summed E-state index contributed by atoms with van der Waals surface area (Å²) in [4.78, 5) is 15.0. The first kappa shape index (κ1) is 18.2. The van der Waals surface area contributed by atoms with E-state index in [-0.39, 0.29) is 36.6 Å². The highest BCUT2D eigenvalue weighted by atomic mass is 16.5. The standard InChI is InChI=1S/C20H35N5O2/c1-11-3-4-12(2)27-15-8-10-22-19-18(15)25(20(26)24-19)16-6-5-14-17(23-16)13(11)7-9-21-14/h11-19,21-23H,3-10H2,1-2H3,(H,24,26)/t11-,12-,13?,14?,15?,16?,17?,18?,19?/m0/s1. The maximum absolute atomic E-state index is 12.9. The number of fused-ring (bicyclic) bond motifs is 2. The van der Waals surface area contributed by atoms with Gasteiger partial charge in [0.05, 0.1) is 24.4 Å². The molecule has 0 saturated carbocycles. The fourth-order valence-electron chi connectivity index (χ4n) is 6.34. The van der Waals surface area contributed by atoms with Crippen LogP contribution in [-0.4, -0.2) is 66.7 Å². The molecule has 5 heterocycles. The largest absolute Gasteiger partial charge is 0.373 e. The van der Waals surface area contributed by atoms with E-state index in [0.717, 1.165) is 38.8 Å². The third-order valence-corrected chi connectivity index (χ3v) is 7.77. The molecule has 2 amide bonds. The van der Waals surface area contributed by atoms with E-state index in [1.54, 1.807) is 0 Å². The lowest BCUT2D eigenvalue weighted by molar-refractivity contribution is -0.0800. The Labute approximate surface area is 162 Å². The summed E-state index contributed by atoms with van der Waals surface area (Å²) in [6.07, 6.45) is 7.14. The molecule has 0 aromatic rings. The van der Waals surface area contributed by atoms with E-state index in [0.29, 0.717) is 23.9 Å². The third kappa shape index (κ3) is 3.16. The fraction of sp³-hybridized carbons (Fsp3) is 0.950. The molecule has 0 aliphatic carbocycles. The molecule has 5 aliphatic heterocycles. The van der Waals surface area contributed by atoms with Gasteiger partial charge >= 0.3 is 6.03 Å². The van der Waals surface area contributed by atoms with Crippen LogP contribution in [0.1, 0.15) is 52.4 Å². The van der Waals surface area contributed by atoms with Crippen molar-refractivity contribution >= 4 is 6.03 Å². The summed E-state index contributed by atoms with van der Waals surface area (Å²) in [5, 5.41) is 14.3. The average Bonchev–Trinajstić information content (AvgIpc) is 3.01. The topological polar surface area (TPSA) is 77.7 Å². The van der Waals surface area contributed by atoms with Crippen molar-refractivity contribution < 1.29 is 9.53 Å². The van der Waals surface area contributed by atoms with Gasteiger partial charge in [0.2, 0.25) is 0 Å². The van der Waals surface area contributed by atoms with Crippen LogP contribution in [0.15, 0.2) is 0 Å². The Hall–Kier alpha value is -0.890. The van der Waals surface area contributed by atoms with Crippen molar-refractivity contribution in [2.45, 2.75) is 95.0 Å². The number of nitrogens with zero attached hydrogens (tertiary/aromatic N) is 1. The number of urea groups is 1. The van der Waals surface area contributed by atoms with Crippen LogP contribution < -0.4 is 21.3 Å². The molecule has 7 unspecified atom stereocenters. The number of hydrogen-bond acceptors (Lipinski definition) is 5. The Morgan fingerprint density at radius 2 is 1.85 bits per heavy atom. The van der Waals surface area contributed by atoms with Gasteiger partial charge in [-0.1, -0.05) is 6.92 Å². The molecule has 5 fully saturated rings. The molecular weight excluding hydrogens is 342 g/mol. The molecule has 9 atom stereocenters. The van der Waals surface area contributed by atoms with E-state index in [1.807, 2.05) is 0 Å². The SMILES string of the molecule is C[C@H]1CC[C@H](C)C2CCNC3CCC(NC32)N2C(=O)NC3NCCC(O1)C32. The smallest absolute Gasteiger partial charge is 0.320 e. The first-order valence-electron chi connectivity index (χ1n) is 11.1. The summed E-state index contributed by atoms with van der Waals surface area (Å²) < 4.78 is 6.53. The summed E-state index contributed by atoms with van der Waals surface area (Å²) >= 11 is 0. The second kappa shape index (κ2) is 7.17. The summed E-state index contributed by atoms with van der Waals surface area (Å²) in [6, 6.07) is 1.14. The number of carbonyl (C=O) groups is 1. The Bertz CT molecular complexity index is 575. The lowest BCUT2D eigenvalue weighted by Gasteiger charge is -2.51. The van der Waals surface area contributed by atoms with E-state index in [4.69, 9.17) is 4.74 Å². The van der Waals surface area contributed by atoms with Crippen LogP contribution >= 0.6 is 0 Å². The van der Waals surface area contributed by atoms with Crippen LogP contribution in [0.5, 0.6) is 0 Å². The van der Waals surface area contributed by atoms with Gasteiger partial charge in [0, 0.05) is 12.1 Å². The highest BCUT2D eigenvalue weighted by molar-refractivity contribution is 5.78. The molecule has 0 aromatic heterocycles. The van der Waals surface area contributed by atoms with Crippen LogP contribution in [0, 0.1) is 11.8 Å². The number of amides is 2. The van der Waals surface area contributed by atoms with Gasteiger partial charge in [0.25, 0.3) is 0 Å². The first-order valence-corrected chi connectivity index (χ1v) is 11.1. The van der Waals surface area contributed by atoms with Gasteiger partial charge < -0.3 is 20.3 Å². The van der Waals surface area contributed by atoms with Crippen molar-refractivity contribution in [2.75, 3.05) is 13.1 Å². The average molecular weight is 378 g/mol. The first-order chi connectivity index (χ1) is 13.1. The minimum atomic E-state index is 0.00474. The lowest BCUT2D eigenvalue weighted by atomic mass is 9.74. The molecule has 0 radical (unpaired) electrons. The predicted octanol–water partition coefficient (Wildman–Crippen LogP) is 0.959. The van der Waals surface area contributed by atoms with Gasteiger partial charge in [-0.2, -0.15) is 0 Å². The lowest BCUT2D eigenvalue weighted by Crippen LogP contribution is -2.69. The van der Waals surface area contributed by atoms with Crippen molar-refractivity contribution in [3.05, 3.63) is 0 Å². The molecule has 5 aliphatic rings. The van der Waals surface area contributed by atoms with E-state index in [9.17, 15) is 4.79 Å². The monoisotopic (exact) mass is 377 g/mol. The van der Waals surface area contributed by atoms with E-state index < -0.39 is 0 Å². The normalized spacial score (nSPS) is 50.2. The van der Waals surface area contributed by atoms with Crippen LogP contribution in [0.25, 0.3) is 0 Å². The second-order valence-corrected chi connectivity index (χ2v) is 9.41. The maximum Gasteiger partial charge on any atom is 0.320 e. The summed E-state index contributed by atoms with van der Waals surface area (Å²) in [5.74, 6) is 1.35. The quantitative estimate of drug-likeness (QED) is 0.506. The molecule has 4 N–H and O–H groups in total. The Balaban J connectivity index is 1.48. The zero-order chi connectivity index (χ0) is 18.5. The van der Waals surface area contributed by atoms with Gasteiger partial charge in [-0.25, -0.2) is 4.79 Å². The number of carbonyl (C=O) groups excluding carboxylic acids is 1. The third-order valence-electron chi connectivity index (χ3n) is 7.77. The van der Waals surface area contributed by atoms with Gasteiger partial charge in [-0.3, -0.25) is 10.6 Å². The predicted molar refractivity (Wildman–Crippen MR) is 103 cm³/mol. The van der Waals surface area contributed by atoms with Crippen molar-refractivity contribution in [1.29, 1.82) is 0 Å². The highest BCUT2D eigenvalue weighted by Gasteiger charge is 2.52. The Morgan fingerprint density at radius 1 is 1.00 bits per heavy atom. The van der Waals surface area contributed by atoms with Crippen molar-refractivity contribution in [3.63, 3.8) is 0 Å². The van der Waals surface area contributed by atoms with Gasteiger partial charge in [0.1, 0.15) is 6.17 Å². The van der Waals surface area contributed by atoms with Crippen LogP contribution in [-0.2, 0) is 4.74 Å². The molecule has 2 bridgehead atoms. The molecule has 7 nitrogen and oxygen atoms in total. The minimum Gasteiger partial charge on any atom is -0.373 e. The van der Waals surface area contributed by atoms with Gasteiger partial charge in [0.15, 0.2) is 0 Å². The summed E-state index contributed by atoms with van der Waals surface area (Å²) in [7, 11) is 0. The Kier molecular flexibility index (Phi) is 4.82. The molecule has 5 rings (SSSR count). The van der Waals surface area contributed by atoms with Crippen molar-refractivity contribution in [2.24, 2.45) is 11.8 Å². The van der Waals surface area contributed by atoms with Crippen molar-refractivity contribution in [1.82, 2.24) is 26.2 Å². The zero-order valence-corrected chi connectivity index (χ0v) is 16.6. The van der Waals surface area contributed by atoms with Crippen LogP contribution in [0.2, 0.25) is 0 Å². The molecule has 0 spiro atoms. The number of rotatable bonds is 0. The number of hydrogen-bond donors (Lipinski definition) is 4. The minimum absolute atomic E-state index is 0.00474. The molecule has 7 heteroatoms. The molecular formula is C20H35N5O2. The summed E-state index contributed by atoms with van der Waals surface area (Å²) in [5.41, 5.74) is 0. The van der Waals surface area contributed by atoms with Crippen molar-refractivity contribution in [3.8, 4) is 0 Å². The van der Waals surface area contributed by atoms with Crippen LogP contribution in [0.4, 0.5) is 4.79 Å².